The molecule has 2 rings (SSSR count). The number of fused-ring (bicyclic) bond motifs is 1. The number of unbranched alkanes of at least 4 members (excludes halogenated alkanes) is 1. The molecule has 0 bridgehead atoms. The van der Waals surface area contributed by atoms with E-state index in [9.17, 15) is 0 Å². The largest absolute Gasteiger partial charge is 0.330 e. The van der Waals surface area contributed by atoms with Gasteiger partial charge < -0.3 is 5.73 Å². The minimum atomic E-state index is 0.856. The van der Waals surface area contributed by atoms with E-state index < -0.39 is 0 Å². The van der Waals surface area contributed by atoms with Crippen molar-refractivity contribution >= 4 is 0 Å². The molecule has 0 aromatic rings. The van der Waals surface area contributed by atoms with Crippen LogP contribution in [-0.4, -0.2) is 6.54 Å². The molecule has 0 radical (unpaired) electrons. The van der Waals surface area contributed by atoms with E-state index in [0.29, 0.717) is 0 Å². The maximum absolute atomic E-state index is 5.47. The minimum absolute atomic E-state index is 0.856. The first-order valence-electron chi connectivity index (χ1n) is 5.07. The molecule has 1 heteroatoms. The summed E-state index contributed by atoms with van der Waals surface area (Å²) in [6, 6.07) is 0. The predicted octanol–water partition coefficient (Wildman–Crippen LogP) is 2.31. The molecular formula is C10H19N. The van der Waals surface area contributed by atoms with Gasteiger partial charge in [-0.3, -0.25) is 0 Å². The van der Waals surface area contributed by atoms with Crippen molar-refractivity contribution < 1.29 is 0 Å². The Kier molecular flexibility index (Phi) is 1.92. The molecule has 0 heterocycles. The first kappa shape index (κ1) is 7.60. The fourth-order valence-electron chi connectivity index (χ4n) is 2.90. The molecule has 0 aromatic carbocycles. The van der Waals surface area contributed by atoms with Gasteiger partial charge in [0.2, 0.25) is 0 Å². The fraction of sp³-hybridized carbons (Fsp3) is 1.00. The lowest BCUT2D eigenvalue weighted by Crippen LogP contribution is -2.02. The molecule has 0 amide bonds. The SMILES string of the molecule is NCCCCC12CCCC1C2. The Morgan fingerprint density at radius 2 is 2.27 bits per heavy atom. The first-order chi connectivity index (χ1) is 5.37. The van der Waals surface area contributed by atoms with Crippen LogP contribution in [0.1, 0.15) is 44.9 Å². The van der Waals surface area contributed by atoms with Gasteiger partial charge in [0.05, 0.1) is 0 Å². The van der Waals surface area contributed by atoms with Gasteiger partial charge in [0.1, 0.15) is 0 Å². The lowest BCUT2D eigenvalue weighted by atomic mass is 9.96. The fourth-order valence-corrected chi connectivity index (χ4v) is 2.90. The molecule has 0 aromatic heterocycles. The van der Waals surface area contributed by atoms with E-state index in [0.717, 1.165) is 17.9 Å². The zero-order chi connectivity index (χ0) is 7.73. The van der Waals surface area contributed by atoms with Crippen molar-refractivity contribution in [1.82, 2.24) is 0 Å². The van der Waals surface area contributed by atoms with E-state index in [1.54, 1.807) is 6.42 Å². The topological polar surface area (TPSA) is 26.0 Å². The van der Waals surface area contributed by atoms with Crippen LogP contribution >= 0.6 is 0 Å². The highest BCUT2D eigenvalue weighted by Gasteiger charge is 2.55. The number of rotatable bonds is 4. The lowest BCUT2D eigenvalue weighted by molar-refractivity contribution is 0.424. The van der Waals surface area contributed by atoms with Gasteiger partial charge in [0, 0.05) is 0 Å². The van der Waals surface area contributed by atoms with Crippen LogP contribution in [0.15, 0.2) is 0 Å². The van der Waals surface area contributed by atoms with E-state index >= 15 is 0 Å². The van der Waals surface area contributed by atoms with Gasteiger partial charge in [-0.2, -0.15) is 0 Å². The highest BCUT2D eigenvalue weighted by molar-refractivity contribution is 5.05. The Labute approximate surface area is 69.4 Å². The van der Waals surface area contributed by atoms with Gasteiger partial charge in [-0.25, -0.2) is 0 Å². The van der Waals surface area contributed by atoms with Gasteiger partial charge in [0.25, 0.3) is 0 Å². The number of hydrogen-bond acceptors (Lipinski definition) is 1. The molecule has 2 fully saturated rings. The van der Waals surface area contributed by atoms with Crippen molar-refractivity contribution in [1.29, 1.82) is 0 Å². The second-order valence-electron chi connectivity index (χ2n) is 4.40. The van der Waals surface area contributed by atoms with Crippen LogP contribution < -0.4 is 5.73 Å². The molecule has 0 saturated heterocycles. The highest BCUT2D eigenvalue weighted by atomic mass is 14.6. The molecule has 11 heavy (non-hydrogen) atoms. The Balaban J connectivity index is 1.70. The summed E-state index contributed by atoms with van der Waals surface area (Å²) in [5.41, 5.74) is 6.33. The molecular weight excluding hydrogens is 134 g/mol. The second kappa shape index (κ2) is 2.78. The molecule has 2 unspecified atom stereocenters. The van der Waals surface area contributed by atoms with Crippen LogP contribution in [0, 0.1) is 11.3 Å². The van der Waals surface area contributed by atoms with Crippen LogP contribution in [0.4, 0.5) is 0 Å². The smallest absolute Gasteiger partial charge is 0.00773 e. The summed E-state index contributed by atoms with van der Waals surface area (Å²) in [5, 5.41) is 0. The Morgan fingerprint density at radius 1 is 1.36 bits per heavy atom. The summed E-state index contributed by atoms with van der Waals surface area (Å²) in [6.07, 6.45) is 10.2. The van der Waals surface area contributed by atoms with Gasteiger partial charge >= 0.3 is 0 Å². The Morgan fingerprint density at radius 3 is 2.82 bits per heavy atom. The molecule has 2 aliphatic carbocycles. The lowest BCUT2D eigenvalue weighted by Gasteiger charge is -2.09. The summed E-state index contributed by atoms with van der Waals surface area (Å²) >= 11 is 0. The Hall–Kier alpha value is -0.0400. The minimum Gasteiger partial charge on any atom is -0.330 e. The van der Waals surface area contributed by atoms with Crippen LogP contribution in [0.2, 0.25) is 0 Å². The van der Waals surface area contributed by atoms with Crippen LogP contribution in [0.25, 0.3) is 0 Å². The third-order valence-corrected chi connectivity index (χ3v) is 3.71. The van der Waals surface area contributed by atoms with E-state index in [-0.39, 0.29) is 0 Å². The van der Waals surface area contributed by atoms with Gasteiger partial charge in [-0.1, -0.05) is 12.8 Å². The Bertz CT molecular complexity index is 144. The van der Waals surface area contributed by atoms with E-state index in [1.165, 1.54) is 38.5 Å². The third kappa shape index (κ3) is 1.31. The van der Waals surface area contributed by atoms with E-state index in [2.05, 4.69) is 0 Å². The highest BCUT2D eigenvalue weighted by Crippen LogP contribution is 2.66. The van der Waals surface area contributed by atoms with Gasteiger partial charge in [0.15, 0.2) is 0 Å². The normalized spacial score (nSPS) is 40.6. The molecule has 2 saturated carbocycles. The van der Waals surface area contributed by atoms with Crippen molar-refractivity contribution in [2.45, 2.75) is 44.9 Å². The maximum Gasteiger partial charge on any atom is -0.00773 e. The second-order valence-corrected chi connectivity index (χ2v) is 4.40. The maximum atomic E-state index is 5.47. The summed E-state index contributed by atoms with van der Waals surface area (Å²) < 4.78 is 0. The van der Waals surface area contributed by atoms with Crippen LogP contribution in [-0.2, 0) is 0 Å². The average molecular weight is 153 g/mol. The number of hydrogen-bond donors (Lipinski definition) is 1. The monoisotopic (exact) mass is 153 g/mol. The molecule has 2 atom stereocenters. The summed E-state index contributed by atoms with van der Waals surface area (Å²) in [6.45, 7) is 0.890. The standard InChI is InChI=1S/C10H19N/c11-7-2-1-5-10-6-3-4-9(10)8-10/h9H,1-8,11H2. The van der Waals surface area contributed by atoms with Crippen LogP contribution in [0.3, 0.4) is 0 Å². The zero-order valence-electron chi connectivity index (χ0n) is 7.31. The first-order valence-corrected chi connectivity index (χ1v) is 5.07. The average Bonchev–Trinajstić information content (AvgIpc) is 2.55. The summed E-state index contributed by atoms with van der Waals surface area (Å²) in [4.78, 5) is 0. The molecule has 2 N–H and O–H groups in total. The van der Waals surface area contributed by atoms with E-state index in [1.807, 2.05) is 0 Å². The molecule has 0 spiro atoms. The molecule has 2 aliphatic rings. The quantitative estimate of drug-likeness (QED) is 0.616. The zero-order valence-corrected chi connectivity index (χ0v) is 7.31. The summed E-state index contributed by atoms with van der Waals surface area (Å²) in [7, 11) is 0. The molecule has 1 nitrogen and oxygen atoms in total. The summed E-state index contributed by atoms with van der Waals surface area (Å²) in [5.74, 6) is 1.14. The molecule has 64 valence electrons. The van der Waals surface area contributed by atoms with Gasteiger partial charge in [-0.15, -0.1) is 0 Å². The molecule has 0 aliphatic heterocycles. The van der Waals surface area contributed by atoms with Crippen molar-refractivity contribution in [2.75, 3.05) is 6.54 Å². The number of nitrogens with two attached hydrogens (primary N) is 1. The van der Waals surface area contributed by atoms with Crippen molar-refractivity contribution in [3.05, 3.63) is 0 Å². The van der Waals surface area contributed by atoms with Crippen molar-refractivity contribution in [2.24, 2.45) is 17.1 Å². The predicted molar refractivity (Wildman–Crippen MR) is 47.3 cm³/mol. The van der Waals surface area contributed by atoms with Gasteiger partial charge in [-0.05, 0) is 50.0 Å². The van der Waals surface area contributed by atoms with Crippen molar-refractivity contribution in [3.63, 3.8) is 0 Å². The third-order valence-electron chi connectivity index (χ3n) is 3.71. The van der Waals surface area contributed by atoms with Crippen molar-refractivity contribution in [3.8, 4) is 0 Å². The van der Waals surface area contributed by atoms with Crippen LogP contribution in [0.5, 0.6) is 0 Å². The van der Waals surface area contributed by atoms with E-state index in [4.69, 9.17) is 5.73 Å².